The van der Waals surface area contributed by atoms with Gasteiger partial charge in [0.25, 0.3) is 0 Å². The lowest BCUT2D eigenvalue weighted by Crippen LogP contribution is -2.41. The van der Waals surface area contributed by atoms with Crippen molar-refractivity contribution in [2.24, 2.45) is 0 Å². The van der Waals surface area contributed by atoms with E-state index in [1.807, 2.05) is 25.3 Å². The fourth-order valence-electron chi connectivity index (χ4n) is 2.52. The van der Waals surface area contributed by atoms with E-state index in [-0.39, 0.29) is 16.5 Å². The molecule has 0 spiro atoms. The first-order chi connectivity index (χ1) is 10.7. The molecule has 126 valence electrons. The van der Waals surface area contributed by atoms with Crippen LogP contribution in [0.15, 0.2) is 6.33 Å². The van der Waals surface area contributed by atoms with Crippen LogP contribution in [-0.2, 0) is 4.84 Å². The smallest absolute Gasteiger partial charge is 0.225 e. The monoisotopic (exact) mass is 359 g/mol. The molecule has 0 aliphatic carbocycles. The molecule has 3 heterocycles. The summed E-state index contributed by atoms with van der Waals surface area (Å²) in [5, 5.41) is 14.5. The Labute approximate surface area is 143 Å². The summed E-state index contributed by atoms with van der Waals surface area (Å²) in [5.74, 6) is 0. The van der Waals surface area contributed by atoms with Gasteiger partial charge in [-0.1, -0.05) is 11.6 Å². The molecule has 0 unspecified atom stereocenters. The molecule has 0 N–H and O–H groups in total. The van der Waals surface area contributed by atoms with Crippen molar-refractivity contribution in [1.82, 2.24) is 29.9 Å². The molecule has 1 aliphatic rings. The lowest BCUT2D eigenvalue weighted by molar-refractivity contribution is -0.294. The number of hydrogen-bond donors (Lipinski definition) is 0. The zero-order valence-electron chi connectivity index (χ0n) is 13.0. The normalized spacial score (nSPS) is 20.0. The molecule has 0 bridgehead atoms. The Bertz CT molecular complexity index is 716. The first-order valence-electron chi connectivity index (χ1n) is 7.21. The standard InChI is InChI=1S/C13H17Cl2N6O2/c1-13(2,3)23-21(22)19-5-4-8(6-19)20-7-16-9-10(14)17-12(15)18-11(9)20/h7-8H,4-6H2,1-3H3/q-1/t8-/m0/s1. The second-order valence-electron chi connectivity index (χ2n) is 6.40. The summed E-state index contributed by atoms with van der Waals surface area (Å²) in [5.41, 5.74) is 0.519. The van der Waals surface area contributed by atoms with Crippen molar-refractivity contribution in [2.75, 3.05) is 13.1 Å². The van der Waals surface area contributed by atoms with E-state index in [4.69, 9.17) is 28.0 Å². The topological polar surface area (TPSA) is 82.4 Å². The van der Waals surface area contributed by atoms with Crippen molar-refractivity contribution in [3.63, 3.8) is 0 Å². The SMILES string of the molecule is CC(C)(C)ON([O-])N1CC[C@H](n2cnc3c(Cl)nc(Cl)nc32)C1. The van der Waals surface area contributed by atoms with Crippen LogP contribution in [0.3, 0.4) is 0 Å². The van der Waals surface area contributed by atoms with Crippen LogP contribution in [0.1, 0.15) is 33.2 Å². The molecule has 0 aromatic carbocycles. The van der Waals surface area contributed by atoms with Gasteiger partial charge in [-0.05, 0) is 38.8 Å². The molecule has 10 heteroatoms. The molecule has 2 aromatic heterocycles. The third kappa shape index (κ3) is 3.57. The molecule has 1 atom stereocenters. The van der Waals surface area contributed by atoms with Gasteiger partial charge in [0.15, 0.2) is 10.8 Å². The number of fused-ring (bicyclic) bond motifs is 1. The molecule has 0 saturated carbocycles. The predicted octanol–water partition coefficient (Wildman–Crippen LogP) is 2.82. The number of hydrazine groups is 1. The minimum Gasteiger partial charge on any atom is -0.748 e. The Hall–Kier alpha value is -1.03. The highest BCUT2D eigenvalue weighted by atomic mass is 35.5. The molecular formula is C13H17Cl2N6O2-. The van der Waals surface area contributed by atoms with E-state index in [1.54, 1.807) is 11.3 Å². The van der Waals surface area contributed by atoms with Gasteiger partial charge in [0.2, 0.25) is 5.28 Å². The molecule has 1 saturated heterocycles. The maximum atomic E-state index is 12.1. The molecule has 1 aliphatic heterocycles. The quantitative estimate of drug-likeness (QED) is 0.473. The molecular weight excluding hydrogens is 343 g/mol. The number of nitrogens with zero attached hydrogens (tertiary/aromatic N) is 6. The molecule has 23 heavy (non-hydrogen) atoms. The average Bonchev–Trinajstić information content (AvgIpc) is 3.01. The summed E-state index contributed by atoms with van der Waals surface area (Å²) in [6.45, 7) is 6.56. The highest BCUT2D eigenvalue weighted by molar-refractivity contribution is 6.35. The molecule has 3 rings (SSSR count). The first-order valence-corrected chi connectivity index (χ1v) is 7.97. The van der Waals surface area contributed by atoms with Crippen LogP contribution in [0.2, 0.25) is 10.4 Å². The van der Waals surface area contributed by atoms with Crippen molar-refractivity contribution >= 4 is 34.4 Å². The van der Waals surface area contributed by atoms with Crippen molar-refractivity contribution < 1.29 is 4.84 Å². The van der Waals surface area contributed by atoms with Crippen LogP contribution in [0.25, 0.3) is 11.2 Å². The highest BCUT2D eigenvalue weighted by Crippen LogP contribution is 2.29. The Morgan fingerprint density at radius 1 is 1.35 bits per heavy atom. The van der Waals surface area contributed by atoms with Crippen LogP contribution < -0.4 is 0 Å². The second kappa shape index (κ2) is 6.12. The first kappa shape index (κ1) is 16.8. The minimum absolute atomic E-state index is 0.0297. The van der Waals surface area contributed by atoms with Gasteiger partial charge in [-0.25, -0.2) is 15.0 Å². The van der Waals surface area contributed by atoms with Gasteiger partial charge in [0.05, 0.1) is 18.0 Å². The molecule has 0 amide bonds. The maximum Gasteiger partial charge on any atom is 0.225 e. The minimum atomic E-state index is -0.546. The van der Waals surface area contributed by atoms with E-state index in [0.717, 1.165) is 6.42 Å². The largest absolute Gasteiger partial charge is 0.748 e. The highest BCUT2D eigenvalue weighted by Gasteiger charge is 2.28. The number of aromatic nitrogens is 4. The Kier molecular flexibility index (Phi) is 4.47. The van der Waals surface area contributed by atoms with E-state index in [2.05, 4.69) is 15.0 Å². The summed E-state index contributed by atoms with van der Waals surface area (Å²) >= 11 is 11.9. The lowest BCUT2D eigenvalue weighted by Gasteiger charge is -2.40. The lowest BCUT2D eigenvalue weighted by atomic mass is 10.2. The summed E-state index contributed by atoms with van der Waals surface area (Å²) in [7, 11) is 0. The molecule has 0 radical (unpaired) electrons. The van der Waals surface area contributed by atoms with Gasteiger partial charge in [-0.2, -0.15) is 10.3 Å². The van der Waals surface area contributed by atoms with Gasteiger partial charge in [0.1, 0.15) is 5.52 Å². The van der Waals surface area contributed by atoms with Gasteiger partial charge in [0, 0.05) is 13.1 Å². The molecule has 1 fully saturated rings. The molecule has 2 aromatic rings. The van der Waals surface area contributed by atoms with Crippen LogP contribution in [0.4, 0.5) is 0 Å². The third-order valence-corrected chi connectivity index (χ3v) is 3.90. The predicted molar refractivity (Wildman–Crippen MR) is 86.6 cm³/mol. The Balaban J connectivity index is 1.80. The summed E-state index contributed by atoms with van der Waals surface area (Å²) in [4.78, 5) is 17.6. The third-order valence-electron chi connectivity index (χ3n) is 3.47. The molecule has 8 nitrogen and oxygen atoms in total. The fourth-order valence-corrected chi connectivity index (χ4v) is 2.94. The van der Waals surface area contributed by atoms with Crippen molar-refractivity contribution in [3.05, 3.63) is 22.0 Å². The van der Waals surface area contributed by atoms with Crippen LogP contribution in [0, 0.1) is 5.21 Å². The summed E-state index contributed by atoms with van der Waals surface area (Å²) in [6.07, 6.45) is 2.41. The fraction of sp³-hybridized carbons (Fsp3) is 0.615. The number of imidazole rings is 1. The van der Waals surface area contributed by atoms with E-state index < -0.39 is 5.60 Å². The van der Waals surface area contributed by atoms with Crippen LogP contribution >= 0.6 is 23.2 Å². The second-order valence-corrected chi connectivity index (χ2v) is 7.10. The zero-order chi connectivity index (χ0) is 16.8. The average molecular weight is 360 g/mol. The van der Waals surface area contributed by atoms with Gasteiger partial charge < -0.3 is 9.77 Å². The van der Waals surface area contributed by atoms with Gasteiger partial charge in [-0.3, -0.25) is 4.84 Å². The summed E-state index contributed by atoms with van der Waals surface area (Å²) < 4.78 is 1.87. The van der Waals surface area contributed by atoms with Gasteiger partial charge >= 0.3 is 0 Å². The van der Waals surface area contributed by atoms with E-state index in [1.165, 1.54) is 0 Å². The number of hydrogen-bond acceptors (Lipinski definition) is 7. The summed E-state index contributed by atoms with van der Waals surface area (Å²) in [6, 6.07) is 0.0297. The number of halogens is 2. The number of rotatable bonds is 3. The Morgan fingerprint density at radius 2 is 2.09 bits per heavy atom. The van der Waals surface area contributed by atoms with Crippen molar-refractivity contribution in [1.29, 1.82) is 0 Å². The maximum absolute atomic E-state index is 12.1. The van der Waals surface area contributed by atoms with E-state index in [9.17, 15) is 5.21 Å². The van der Waals surface area contributed by atoms with Crippen molar-refractivity contribution in [2.45, 2.75) is 38.8 Å². The van der Waals surface area contributed by atoms with E-state index in [0.29, 0.717) is 29.6 Å². The van der Waals surface area contributed by atoms with E-state index >= 15 is 0 Å². The Morgan fingerprint density at radius 3 is 2.78 bits per heavy atom. The van der Waals surface area contributed by atoms with Gasteiger partial charge in [-0.15, -0.1) is 0 Å². The van der Waals surface area contributed by atoms with Crippen LogP contribution in [-0.4, -0.2) is 48.6 Å². The van der Waals surface area contributed by atoms with Crippen LogP contribution in [0.5, 0.6) is 0 Å². The van der Waals surface area contributed by atoms with Crippen molar-refractivity contribution in [3.8, 4) is 0 Å². The zero-order valence-corrected chi connectivity index (χ0v) is 14.5.